The van der Waals surface area contributed by atoms with Crippen molar-refractivity contribution in [3.8, 4) is 23.0 Å². The smallest absolute Gasteiger partial charge is 0.323 e. The number of methoxy groups -OCH3 is 2. The van der Waals surface area contributed by atoms with E-state index in [0.29, 0.717) is 36.1 Å². The number of carbonyl (C=O) groups is 2. The third kappa shape index (κ3) is 6.47. The highest BCUT2D eigenvalue weighted by Crippen LogP contribution is 2.32. The maximum Gasteiger partial charge on any atom is 0.323 e. The van der Waals surface area contributed by atoms with Crippen molar-refractivity contribution in [3.05, 3.63) is 71.8 Å². The summed E-state index contributed by atoms with van der Waals surface area (Å²) in [6.45, 7) is 2.91. The summed E-state index contributed by atoms with van der Waals surface area (Å²) in [5, 5.41) is 15.3. The fourth-order valence-electron chi connectivity index (χ4n) is 4.51. The van der Waals surface area contributed by atoms with Gasteiger partial charge in [-0.15, -0.1) is 0 Å². The highest BCUT2D eigenvalue weighted by molar-refractivity contribution is 6.01. The lowest BCUT2D eigenvalue weighted by Gasteiger charge is -2.25. The molecule has 1 unspecified atom stereocenters. The van der Waals surface area contributed by atoms with Crippen LogP contribution < -0.4 is 24.8 Å². The van der Waals surface area contributed by atoms with Gasteiger partial charge in [0, 0.05) is 18.3 Å². The van der Waals surface area contributed by atoms with Crippen molar-refractivity contribution in [2.24, 2.45) is 0 Å². The van der Waals surface area contributed by atoms with Crippen molar-refractivity contribution in [1.82, 2.24) is 4.90 Å². The third-order valence-corrected chi connectivity index (χ3v) is 6.54. The van der Waals surface area contributed by atoms with E-state index in [1.54, 1.807) is 18.2 Å². The lowest BCUT2D eigenvalue weighted by atomic mass is 10.1. The zero-order chi connectivity index (χ0) is 27.1. The van der Waals surface area contributed by atoms with Gasteiger partial charge in [-0.25, -0.2) is 4.79 Å². The molecule has 1 fully saturated rings. The zero-order valence-electron chi connectivity index (χ0n) is 21.8. The Kier molecular flexibility index (Phi) is 8.58. The van der Waals surface area contributed by atoms with Gasteiger partial charge in [0.25, 0.3) is 0 Å². The third-order valence-electron chi connectivity index (χ3n) is 6.54. The van der Waals surface area contributed by atoms with Crippen LogP contribution in [0.5, 0.6) is 23.0 Å². The maximum absolute atomic E-state index is 13.2. The summed E-state index contributed by atoms with van der Waals surface area (Å²) >= 11 is 0. The second-order valence-electron chi connectivity index (χ2n) is 9.13. The number of ether oxygens (including phenoxy) is 3. The number of aryl methyl sites for hydroxylation is 1. The number of likely N-dealkylation sites (tertiary alicyclic amines) is 1. The Labute approximate surface area is 222 Å². The Bertz CT molecular complexity index is 1300. The SMILES string of the molecule is COc1cc(CC(=O)N2CCCC2COc2ccc(O)cc2OC)ccc1NC(=O)Nc1ccccc1C. The van der Waals surface area contributed by atoms with Crippen LogP contribution in [-0.2, 0) is 11.2 Å². The van der Waals surface area contributed by atoms with Crippen molar-refractivity contribution >= 4 is 23.3 Å². The molecule has 4 rings (SSSR count). The maximum atomic E-state index is 13.2. The molecule has 9 heteroatoms. The van der Waals surface area contributed by atoms with Gasteiger partial charge in [-0.1, -0.05) is 24.3 Å². The first-order valence-corrected chi connectivity index (χ1v) is 12.5. The molecule has 1 aliphatic heterocycles. The van der Waals surface area contributed by atoms with Crippen molar-refractivity contribution in [2.45, 2.75) is 32.2 Å². The van der Waals surface area contributed by atoms with Crippen molar-refractivity contribution in [1.29, 1.82) is 0 Å². The fraction of sp³-hybridized carbons (Fsp3) is 0.310. The zero-order valence-corrected chi connectivity index (χ0v) is 21.8. The highest BCUT2D eigenvalue weighted by atomic mass is 16.5. The van der Waals surface area contributed by atoms with E-state index in [9.17, 15) is 14.7 Å². The summed E-state index contributed by atoms with van der Waals surface area (Å²) < 4.78 is 16.7. The molecule has 1 atom stereocenters. The average molecular weight is 520 g/mol. The van der Waals surface area contributed by atoms with E-state index in [1.807, 2.05) is 42.2 Å². The molecule has 9 nitrogen and oxygen atoms in total. The monoisotopic (exact) mass is 519 g/mol. The van der Waals surface area contributed by atoms with Gasteiger partial charge >= 0.3 is 6.03 Å². The van der Waals surface area contributed by atoms with Crippen LogP contribution in [0.4, 0.5) is 16.2 Å². The number of urea groups is 1. The van der Waals surface area contributed by atoms with Crippen molar-refractivity contribution in [3.63, 3.8) is 0 Å². The number of anilines is 2. The largest absolute Gasteiger partial charge is 0.508 e. The van der Waals surface area contributed by atoms with Gasteiger partial charge in [-0.3, -0.25) is 4.79 Å². The van der Waals surface area contributed by atoms with Crippen LogP contribution in [0.25, 0.3) is 0 Å². The van der Waals surface area contributed by atoms with Gasteiger partial charge in [0.2, 0.25) is 5.91 Å². The molecule has 1 saturated heterocycles. The number of nitrogens with zero attached hydrogens (tertiary/aromatic N) is 1. The molecule has 200 valence electrons. The van der Waals surface area contributed by atoms with E-state index in [2.05, 4.69) is 10.6 Å². The first-order valence-electron chi connectivity index (χ1n) is 12.5. The Hall–Kier alpha value is -4.40. The summed E-state index contributed by atoms with van der Waals surface area (Å²) in [5.74, 6) is 1.51. The number of hydrogen-bond acceptors (Lipinski definition) is 6. The van der Waals surface area contributed by atoms with Crippen LogP contribution in [0.3, 0.4) is 0 Å². The molecule has 0 aromatic heterocycles. The molecule has 0 saturated carbocycles. The van der Waals surface area contributed by atoms with Crippen LogP contribution >= 0.6 is 0 Å². The summed E-state index contributed by atoms with van der Waals surface area (Å²) in [6.07, 6.45) is 1.94. The number of rotatable bonds is 9. The number of benzene rings is 3. The fourth-order valence-corrected chi connectivity index (χ4v) is 4.51. The Balaban J connectivity index is 1.37. The summed E-state index contributed by atoms with van der Waals surface area (Å²) in [6, 6.07) is 17.1. The Morgan fingerprint density at radius 1 is 0.947 bits per heavy atom. The minimum absolute atomic E-state index is 0.00571. The van der Waals surface area contributed by atoms with E-state index in [-0.39, 0.29) is 30.2 Å². The van der Waals surface area contributed by atoms with Gasteiger partial charge < -0.3 is 34.9 Å². The molecule has 0 bridgehead atoms. The molecular formula is C29H33N3O6. The number of phenols is 1. The van der Waals surface area contributed by atoms with Gasteiger partial charge in [0.05, 0.1) is 32.4 Å². The van der Waals surface area contributed by atoms with Gasteiger partial charge in [0.15, 0.2) is 11.5 Å². The Morgan fingerprint density at radius 2 is 1.71 bits per heavy atom. The van der Waals surface area contributed by atoms with Gasteiger partial charge in [-0.05, 0) is 61.2 Å². The number of aromatic hydroxyl groups is 1. The quantitative estimate of drug-likeness (QED) is 0.368. The van der Waals surface area contributed by atoms with E-state index >= 15 is 0 Å². The van der Waals surface area contributed by atoms with E-state index < -0.39 is 0 Å². The molecular weight excluding hydrogens is 486 g/mol. The van der Waals surface area contributed by atoms with E-state index in [0.717, 1.165) is 29.7 Å². The van der Waals surface area contributed by atoms with Crippen LogP contribution in [0, 0.1) is 6.92 Å². The predicted octanol–water partition coefficient (Wildman–Crippen LogP) is 4.97. The van der Waals surface area contributed by atoms with Crippen LogP contribution in [0.15, 0.2) is 60.7 Å². The summed E-state index contributed by atoms with van der Waals surface area (Å²) in [7, 11) is 3.04. The molecule has 3 aromatic rings. The number of carbonyl (C=O) groups excluding carboxylic acids is 2. The second kappa shape index (κ2) is 12.2. The molecule has 3 amide bonds. The number of nitrogens with one attached hydrogen (secondary N) is 2. The topological polar surface area (TPSA) is 109 Å². The van der Waals surface area contributed by atoms with Gasteiger partial charge in [0.1, 0.15) is 18.1 Å². The van der Waals surface area contributed by atoms with Gasteiger partial charge in [-0.2, -0.15) is 0 Å². The van der Waals surface area contributed by atoms with Crippen LogP contribution in [0.1, 0.15) is 24.0 Å². The average Bonchev–Trinajstić information content (AvgIpc) is 3.39. The number of phenolic OH excluding ortho intramolecular Hbond substituents is 1. The van der Waals surface area contributed by atoms with Crippen LogP contribution in [-0.4, -0.2) is 55.4 Å². The van der Waals surface area contributed by atoms with Crippen molar-refractivity contribution < 1.29 is 28.9 Å². The first-order chi connectivity index (χ1) is 18.4. The van der Waals surface area contributed by atoms with E-state index in [1.165, 1.54) is 26.4 Å². The molecule has 3 aromatic carbocycles. The highest BCUT2D eigenvalue weighted by Gasteiger charge is 2.29. The summed E-state index contributed by atoms with van der Waals surface area (Å²) in [4.78, 5) is 27.6. The molecule has 0 spiro atoms. The lowest BCUT2D eigenvalue weighted by molar-refractivity contribution is -0.131. The van der Waals surface area contributed by atoms with Crippen LogP contribution in [0.2, 0.25) is 0 Å². The first kappa shape index (κ1) is 26.7. The minimum Gasteiger partial charge on any atom is -0.508 e. The molecule has 1 heterocycles. The lowest BCUT2D eigenvalue weighted by Crippen LogP contribution is -2.39. The van der Waals surface area contributed by atoms with E-state index in [4.69, 9.17) is 14.2 Å². The molecule has 0 aliphatic carbocycles. The molecule has 38 heavy (non-hydrogen) atoms. The minimum atomic E-state index is -0.383. The van der Waals surface area contributed by atoms with Crippen molar-refractivity contribution in [2.75, 3.05) is 38.0 Å². The molecule has 0 radical (unpaired) electrons. The Morgan fingerprint density at radius 3 is 2.47 bits per heavy atom. The number of para-hydroxylation sites is 1. The number of amides is 3. The normalized spacial score (nSPS) is 14.6. The predicted molar refractivity (Wildman–Crippen MR) is 145 cm³/mol. The standard InChI is InChI=1S/C29H33N3O6/c1-19-7-4-5-9-23(19)30-29(35)31-24-12-10-20(15-26(24)36-2)16-28(34)32-14-6-8-21(32)18-38-25-13-11-22(33)17-27(25)37-3/h4-5,7,9-13,15,17,21,33H,6,8,14,16,18H2,1-3H3,(H2,30,31,35). The number of hydrogen-bond donors (Lipinski definition) is 3. The molecule has 1 aliphatic rings. The second-order valence-corrected chi connectivity index (χ2v) is 9.13. The summed E-state index contributed by atoms with van der Waals surface area (Å²) in [5.41, 5.74) is 2.96. The molecule has 3 N–H and O–H groups in total.